The van der Waals surface area contributed by atoms with E-state index in [1.807, 2.05) is 0 Å². The quantitative estimate of drug-likeness (QED) is 0.618. The van der Waals surface area contributed by atoms with E-state index in [0.717, 1.165) is 0 Å². The smallest absolute Gasteiger partial charge is 0.270 e. The number of aryl methyl sites for hydroxylation is 1. The normalized spacial score (nSPS) is 10.3. The molecule has 0 N–H and O–H groups in total. The first kappa shape index (κ1) is 18.9. The standard InChI is InChI=1S/C20H16ClN3O2S/c1-13-19(20(25)24(2)16-5-3-4-14(10-16)11-22)27-18(23-13)12-26-17-8-6-15(21)7-9-17/h3-10H,12H2,1-2H3. The number of nitrogens with zero attached hydrogens (tertiary/aromatic N) is 3. The summed E-state index contributed by atoms with van der Waals surface area (Å²) in [5.74, 6) is 0.517. The van der Waals surface area contributed by atoms with Crippen molar-refractivity contribution in [3.63, 3.8) is 0 Å². The number of aromatic nitrogens is 1. The van der Waals surface area contributed by atoms with Gasteiger partial charge >= 0.3 is 0 Å². The Hall–Kier alpha value is -2.88. The summed E-state index contributed by atoms with van der Waals surface area (Å²) in [5.41, 5.74) is 1.82. The van der Waals surface area contributed by atoms with E-state index < -0.39 is 0 Å². The minimum atomic E-state index is -0.169. The summed E-state index contributed by atoms with van der Waals surface area (Å²) in [7, 11) is 1.68. The van der Waals surface area contributed by atoms with Crippen molar-refractivity contribution in [2.24, 2.45) is 0 Å². The van der Waals surface area contributed by atoms with Crippen LogP contribution >= 0.6 is 22.9 Å². The monoisotopic (exact) mass is 397 g/mol. The highest BCUT2D eigenvalue weighted by molar-refractivity contribution is 7.13. The molecule has 0 unspecified atom stereocenters. The lowest BCUT2D eigenvalue weighted by Crippen LogP contribution is -2.26. The Morgan fingerprint density at radius 1 is 1.30 bits per heavy atom. The van der Waals surface area contributed by atoms with E-state index in [2.05, 4.69) is 11.1 Å². The fourth-order valence-electron chi connectivity index (χ4n) is 2.44. The van der Waals surface area contributed by atoms with Gasteiger partial charge in [0, 0.05) is 17.8 Å². The second-order valence-corrected chi connectivity index (χ2v) is 7.31. The number of ether oxygens (including phenoxy) is 1. The first-order valence-electron chi connectivity index (χ1n) is 8.11. The Bertz CT molecular complexity index is 1010. The minimum absolute atomic E-state index is 0.169. The summed E-state index contributed by atoms with van der Waals surface area (Å²) < 4.78 is 5.70. The van der Waals surface area contributed by atoms with Crippen molar-refractivity contribution in [1.82, 2.24) is 4.98 Å². The predicted molar refractivity (Wildman–Crippen MR) is 107 cm³/mol. The van der Waals surface area contributed by atoms with E-state index in [4.69, 9.17) is 21.6 Å². The number of thiazole rings is 1. The molecule has 0 bridgehead atoms. The van der Waals surface area contributed by atoms with Gasteiger partial charge in [-0.2, -0.15) is 5.26 Å². The Morgan fingerprint density at radius 3 is 2.74 bits per heavy atom. The van der Waals surface area contributed by atoms with E-state index in [-0.39, 0.29) is 12.5 Å². The van der Waals surface area contributed by atoms with Gasteiger partial charge in [0.05, 0.1) is 17.3 Å². The maximum Gasteiger partial charge on any atom is 0.270 e. The molecule has 2 aromatic carbocycles. The summed E-state index contributed by atoms with van der Waals surface area (Å²) in [5, 5.41) is 10.4. The first-order chi connectivity index (χ1) is 13.0. The average molecular weight is 398 g/mol. The fraction of sp³-hybridized carbons (Fsp3) is 0.150. The number of hydrogen-bond acceptors (Lipinski definition) is 5. The third kappa shape index (κ3) is 4.45. The molecule has 0 radical (unpaired) electrons. The van der Waals surface area contributed by atoms with Crippen molar-refractivity contribution >= 4 is 34.5 Å². The molecule has 0 spiro atoms. The average Bonchev–Trinajstić information content (AvgIpc) is 3.07. The van der Waals surface area contributed by atoms with Crippen LogP contribution in [0.1, 0.15) is 25.9 Å². The molecule has 0 aliphatic heterocycles. The Morgan fingerprint density at radius 2 is 2.04 bits per heavy atom. The molecule has 0 saturated heterocycles. The zero-order valence-electron chi connectivity index (χ0n) is 14.8. The molecular weight excluding hydrogens is 382 g/mol. The molecule has 0 atom stereocenters. The first-order valence-corrected chi connectivity index (χ1v) is 9.30. The summed E-state index contributed by atoms with van der Waals surface area (Å²) in [6.07, 6.45) is 0. The lowest BCUT2D eigenvalue weighted by atomic mass is 10.2. The Balaban J connectivity index is 1.73. The molecule has 1 aromatic heterocycles. The topological polar surface area (TPSA) is 66.2 Å². The van der Waals surface area contributed by atoms with Gasteiger partial charge in [-0.1, -0.05) is 17.7 Å². The van der Waals surface area contributed by atoms with Crippen LogP contribution in [0.3, 0.4) is 0 Å². The van der Waals surface area contributed by atoms with Crippen molar-refractivity contribution in [2.75, 3.05) is 11.9 Å². The van der Waals surface area contributed by atoms with Gasteiger partial charge in [-0.25, -0.2) is 4.98 Å². The van der Waals surface area contributed by atoms with Gasteiger partial charge in [-0.3, -0.25) is 4.79 Å². The van der Waals surface area contributed by atoms with Crippen molar-refractivity contribution in [3.8, 4) is 11.8 Å². The van der Waals surface area contributed by atoms with Gasteiger partial charge in [0.15, 0.2) is 0 Å². The zero-order chi connectivity index (χ0) is 19.4. The number of rotatable bonds is 5. The van der Waals surface area contributed by atoms with Crippen LogP contribution in [0.5, 0.6) is 5.75 Å². The maximum atomic E-state index is 12.8. The summed E-state index contributed by atoms with van der Waals surface area (Å²) in [4.78, 5) is 19.4. The van der Waals surface area contributed by atoms with Crippen LogP contribution in [-0.4, -0.2) is 17.9 Å². The number of benzene rings is 2. The van der Waals surface area contributed by atoms with Gasteiger partial charge in [-0.15, -0.1) is 11.3 Å². The molecule has 0 aliphatic rings. The van der Waals surface area contributed by atoms with Crippen LogP contribution in [0.15, 0.2) is 48.5 Å². The molecule has 3 aromatic rings. The Labute approximate surface area is 166 Å². The molecule has 3 rings (SSSR count). The van der Waals surface area contributed by atoms with Crippen LogP contribution in [-0.2, 0) is 6.61 Å². The third-order valence-electron chi connectivity index (χ3n) is 3.88. The highest BCUT2D eigenvalue weighted by Crippen LogP contribution is 2.25. The number of nitriles is 1. The molecular formula is C20H16ClN3O2S. The number of amides is 1. The summed E-state index contributed by atoms with van der Waals surface area (Å²) in [6.45, 7) is 2.07. The van der Waals surface area contributed by atoms with Crippen molar-refractivity contribution in [2.45, 2.75) is 13.5 Å². The van der Waals surface area contributed by atoms with Gasteiger partial charge in [0.25, 0.3) is 5.91 Å². The van der Waals surface area contributed by atoms with E-state index >= 15 is 0 Å². The largest absolute Gasteiger partial charge is 0.486 e. The predicted octanol–water partition coefficient (Wildman–Crippen LogP) is 4.83. The highest BCUT2D eigenvalue weighted by Gasteiger charge is 2.20. The van der Waals surface area contributed by atoms with Crippen LogP contribution in [0.25, 0.3) is 0 Å². The fourth-order valence-corrected chi connectivity index (χ4v) is 3.52. The van der Waals surface area contributed by atoms with E-state index in [9.17, 15) is 4.79 Å². The second kappa shape index (κ2) is 8.21. The minimum Gasteiger partial charge on any atom is -0.486 e. The van der Waals surface area contributed by atoms with E-state index in [1.54, 1.807) is 62.5 Å². The van der Waals surface area contributed by atoms with Crippen LogP contribution in [0.2, 0.25) is 5.02 Å². The van der Waals surface area contributed by atoms with E-state index in [0.29, 0.717) is 37.6 Å². The lowest BCUT2D eigenvalue weighted by molar-refractivity contribution is 0.0996. The van der Waals surface area contributed by atoms with Crippen molar-refractivity contribution < 1.29 is 9.53 Å². The molecule has 0 saturated carbocycles. The van der Waals surface area contributed by atoms with E-state index in [1.165, 1.54) is 16.2 Å². The SMILES string of the molecule is Cc1nc(COc2ccc(Cl)cc2)sc1C(=O)N(C)c1cccc(C#N)c1. The summed E-state index contributed by atoms with van der Waals surface area (Å²) >= 11 is 7.17. The summed E-state index contributed by atoms with van der Waals surface area (Å²) in [6, 6.07) is 16.1. The van der Waals surface area contributed by atoms with Gasteiger partial charge in [-0.05, 0) is 49.4 Å². The van der Waals surface area contributed by atoms with Crippen LogP contribution in [0, 0.1) is 18.3 Å². The molecule has 1 heterocycles. The maximum absolute atomic E-state index is 12.8. The lowest BCUT2D eigenvalue weighted by Gasteiger charge is -2.16. The molecule has 1 amide bonds. The number of anilines is 1. The number of carbonyl (C=O) groups is 1. The number of carbonyl (C=O) groups excluding carboxylic acids is 1. The molecule has 0 aliphatic carbocycles. The number of hydrogen-bond donors (Lipinski definition) is 0. The molecule has 136 valence electrons. The zero-order valence-corrected chi connectivity index (χ0v) is 16.3. The highest BCUT2D eigenvalue weighted by atomic mass is 35.5. The van der Waals surface area contributed by atoms with Gasteiger partial charge in [0.2, 0.25) is 0 Å². The Kier molecular flexibility index (Phi) is 5.75. The van der Waals surface area contributed by atoms with Gasteiger partial charge < -0.3 is 9.64 Å². The molecule has 5 nitrogen and oxygen atoms in total. The molecule has 0 fully saturated rings. The molecule has 7 heteroatoms. The molecule has 27 heavy (non-hydrogen) atoms. The van der Waals surface area contributed by atoms with Crippen LogP contribution < -0.4 is 9.64 Å². The van der Waals surface area contributed by atoms with Gasteiger partial charge in [0.1, 0.15) is 22.2 Å². The number of halogens is 1. The third-order valence-corrected chi connectivity index (χ3v) is 5.25. The van der Waals surface area contributed by atoms with Crippen molar-refractivity contribution in [1.29, 1.82) is 5.26 Å². The van der Waals surface area contributed by atoms with Crippen LogP contribution in [0.4, 0.5) is 5.69 Å². The second-order valence-electron chi connectivity index (χ2n) is 5.79. The van der Waals surface area contributed by atoms with Crippen molar-refractivity contribution in [3.05, 3.63) is 74.7 Å².